The number of benzene rings is 1. The van der Waals surface area contributed by atoms with Crippen molar-refractivity contribution in [2.75, 3.05) is 7.05 Å². The summed E-state index contributed by atoms with van der Waals surface area (Å²) < 4.78 is 0. The van der Waals surface area contributed by atoms with Crippen LogP contribution in [0.5, 0.6) is 0 Å². The molecule has 0 atom stereocenters. The SMILES string of the molecule is C#C/C=C(/C(=O)NC)c1ccccc1C. The Morgan fingerprint density at radius 3 is 2.67 bits per heavy atom. The van der Waals surface area contributed by atoms with E-state index in [2.05, 4.69) is 11.2 Å². The number of rotatable bonds is 2. The highest BCUT2D eigenvalue weighted by Crippen LogP contribution is 2.18. The van der Waals surface area contributed by atoms with E-state index in [1.165, 1.54) is 6.08 Å². The third kappa shape index (κ3) is 2.47. The van der Waals surface area contributed by atoms with Gasteiger partial charge in [-0.05, 0) is 18.1 Å². The second-order valence-electron chi connectivity index (χ2n) is 3.12. The minimum Gasteiger partial charge on any atom is -0.355 e. The summed E-state index contributed by atoms with van der Waals surface area (Å²) in [5.74, 6) is 2.22. The predicted octanol–water partition coefficient (Wildman–Crippen LogP) is 1.76. The van der Waals surface area contributed by atoms with E-state index in [9.17, 15) is 4.79 Å². The molecule has 2 nitrogen and oxygen atoms in total. The van der Waals surface area contributed by atoms with E-state index >= 15 is 0 Å². The van der Waals surface area contributed by atoms with E-state index < -0.39 is 0 Å². The van der Waals surface area contributed by atoms with Gasteiger partial charge in [0, 0.05) is 13.1 Å². The third-order valence-corrected chi connectivity index (χ3v) is 2.13. The average Bonchev–Trinajstić information content (AvgIpc) is 2.26. The molecule has 1 N–H and O–H groups in total. The molecule has 0 aliphatic heterocycles. The number of aryl methyl sites for hydroxylation is 1. The highest BCUT2D eigenvalue weighted by atomic mass is 16.1. The summed E-state index contributed by atoms with van der Waals surface area (Å²) >= 11 is 0. The lowest BCUT2D eigenvalue weighted by molar-refractivity contribution is -0.115. The van der Waals surface area contributed by atoms with Gasteiger partial charge in [0.15, 0.2) is 0 Å². The quantitative estimate of drug-likeness (QED) is 0.570. The van der Waals surface area contributed by atoms with E-state index in [-0.39, 0.29) is 5.91 Å². The zero-order chi connectivity index (χ0) is 11.3. The Balaban J connectivity index is 3.24. The number of hydrogen-bond acceptors (Lipinski definition) is 1. The zero-order valence-electron chi connectivity index (χ0n) is 8.87. The minimum atomic E-state index is -0.165. The van der Waals surface area contributed by atoms with Crippen molar-refractivity contribution in [1.82, 2.24) is 5.32 Å². The standard InChI is InChI=1S/C13H13NO/c1-4-7-12(13(15)14-3)11-9-6-5-8-10(11)2/h1,5-9H,2-3H3,(H,14,15)/b12-7+. The lowest BCUT2D eigenvalue weighted by Gasteiger charge is -2.07. The zero-order valence-corrected chi connectivity index (χ0v) is 8.87. The van der Waals surface area contributed by atoms with Crippen molar-refractivity contribution < 1.29 is 4.79 Å². The van der Waals surface area contributed by atoms with Crippen molar-refractivity contribution >= 4 is 11.5 Å². The van der Waals surface area contributed by atoms with Crippen LogP contribution in [0.3, 0.4) is 0 Å². The van der Waals surface area contributed by atoms with Crippen LogP contribution in [0.25, 0.3) is 5.57 Å². The average molecular weight is 199 g/mol. The molecule has 0 saturated heterocycles. The third-order valence-electron chi connectivity index (χ3n) is 2.13. The molecule has 0 bridgehead atoms. The Morgan fingerprint density at radius 2 is 2.13 bits per heavy atom. The van der Waals surface area contributed by atoms with Gasteiger partial charge >= 0.3 is 0 Å². The van der Waals surface area contributed by atoms with E-state index in [4.69, 9.17) is 6.42 Å². The Morgan fingerprint density at radius 1 is 1.47 bits per heavy atom. The van der Waals surface area contributed by atoms with Crippen LogP contribution in [0.1, 0.15) is 11.1 Å². The fourth-order valence-corrected chi connectivity index (χ4v) is 1.36. The van der Waals surface area contributed by atoms with Crippen LogP contribution in [0.15, 0.2) is 30.3 Å². The summed E-state index contributed by atoms with van der Waals surface area (Å²) in [4.78, 5) is 11.6. The van der Waals surface area contributed by atoms with Crippen LogP contribution in [0.2, 0.25) is 0 Å². The number of terminal acetylenes is 1. The largest absolute Gasteiger partial charge is 0.355 e. The summed E-state index contributed by atoms with van der Waals surface area (Å²) in [5, 5.41) is 2.57. The molecular formula is C13H13NO. The topological polar surface area (TPSA) is 29.1 Å². The highest BCUT2D eigenvalue weighted by Gasteiger charge is 2.11. The van der Waals surface area contributed by atoms with Crippen molar-refractivity contribution in [2.24, 2.45) is 0 Å². The molecule has 76 valence electrons. The Bertz CT molecular complexity index is 438. The lowest BCUT2D eigenvalue weighted by Crippen LogP contribution is -2.19. The van der Waals surface area contributed by atoms with Gasteiger partial charge in [0.05, 0.1) is 5.57 Å². The van der Waals surface area contributed by atoms with Crippen LogP contribution in [-0.4, -0.2) is 13.0 Å². The Hall–Kier alpha value is -2.01. The fraction of sp³-hybridized carbons (Fsp3) is 0.154. The second kappa shape index (κ2) is 5.02. The summed E-state index contributed by atoms with van der Waals surface area (Å²) in [6.07, 6.45) is 6.69. The summed E-state index contributed by atoms with van der Waals surface area (Å²) in [5.41, 5.74) is 2.43. The van der Waals surface area contributed by atoms with Crippen LogP contribution in [0, 0.1) is 19.3 Å². The predicted molar refractivity (Wildman–Crippen MR) is 62.1 cm³/mol. The number of likely N-dealkylation sites (N-methyl/N-ethyl adjacent to an activating group) is 1. The smallest absolute Gasteiger partial charge is 0.252 e. The molecule has 0 aliphatic carbocycles. The van der Waals surface area contributed by atoms with Gasteiger partial charge in [0.2, 0.25) is 0 Å². The first-order valence-electron chi connectivity index (χ1n) is 4.65. The van der Waals surface area contributed by atoms with Gasteiger partial charge in [-0.1, -0.05) is 30.2 Å². The molecule has 1 rings (SSSR count). The van der Waals surface area contributed by atoms with Crippen LogP contribution >= 0.6 is 0 Å². The normalized spacial score (nSPS) is 10.6. The Labute approximate surface area is 90.0 Å². The molecule has 1 aromatic carbocycles. The molecule has 0 saturated carbocycles. The molecule has 2 heteroatoms. The number of carbonyl (C=O) groups is 1. The maximum Gasteiger partial charge on any atom is 0.252 e. The fourth-order valence-electron chi connectivity index (χ4n) is 1.36. The van der Waals surface area contributed by atoms with E-state index in [0.29, 0.717) is 5.57 Å². The van der Waals surface area contributed by atoms with Gasteiger partial charge in [-0.2, -0.15) is 0 Å². The molecule has 1 amide bonds. The van der Waals surface area contributed by atoms with Gasteiger partial charge in [-0.15, -0.1) is 6.42 Å². The van der Waals surface area contributed by atoms with E-state index in [1.807, 2.05) is 31.2 Å². The molecule has 0 heterocycles. The van der Waals surface area contributed by atoms with Crippen molar-refractivity contribution in [3.63, 3.8) is 0 Å². The van der Waals surface area contributed by atoms with Gasteiger partial charge in [0.25, 0.3) is 5.91 Å². The lowest BCUT2D eigenvalue weighted by atomic mass is 10.00. The monoisotopic (exact) mass is 199 g/mol. The van der Waals surface area contributed by atoms with Gasteiger partial charge in [-0.3, -0.25) is 4.79 Å². The summed E-state index contributed by atoms with van der Waals surface area (Å²) in [6, 6.07) is 7.64. The van der Waals surface area contributed by atoms with Crippen molar-refractivity contribution in [1.29, 1.82) is 0 Å². The number of amides is 1. The highest BCUT2D eigenvalue weighted by molar-refractivity contribution is 6.20. The van der Waals surface area contributed by atoms with E-state index in [0.717, 1.165) is 11.1 Å². The second-order valence-corrected chi connectivity index (χ2v) is 3.12. The van der Waals surface area contributed by atoms with Crippen molar-refractivity contribution in [3.05, 3.63) is 41.5 Å². The van der Waals surface area contributed by atoms with Crippen LogP contribution in [-0.2, 0) is 4.79 Å². The first kappa shape index (κ1) is 11.1. The summed E-state index contributed by atoms with van der Waals surface area (Å²) in [7, 11) is 1.59. The van der Waals surface area contributed by atoms with E-state index in [1.54, 1.807) is 7.05 Å². The van der Waals surface area contributed by atoms with Gasteiger partial charge in [0.1, 0.15) is 0 Å². The maximum absolute atomic E-state index is 11.6. The van der Waals surface area contributed by atoms with Crippen LogP contribution in [0.4, 0.5) is 0 Å². The Kier molecular flexibility index (Phi) is 3.70. The van der Waals surface area contributed by atoms with Crippen LogP contribution < -0.4 is 5.32 Å². The van der Waals surface area contributed by atoms with Gasteiger partial charge in [-0.25, -0.2) is 0 Å². The minimum absolute atomic E-state index is 0.165. The number of carbonyl (C=O) groups excluding carboxylic acids is 1. The molecule has 15 heavy (non-hydrogen) atoms. The molecule has 0 aromatic heterocycles. The molecule has 0 aliphatic rings. The molecule has 0 spiro atoms. The van der Waals surface area contributed by atoms with Crippen molar-refractivity contribution in [2.45, 2.75) is 6.92 Å². The first-order valence-corrected chi connectivity index (χ1v) is 4.65. The van der Waals surface area contributed by atoms with Crippen molar-refractivity contribution in [3.8, 4) is 12.3 Å². The number of hydrogen-bond donors (Lipinski definition) is 1. The first-order chi connectivity index (χ1) is 7.20. The molecule has 0 unspecified atom stereocenters. The molecule has 0 fully saturated rings. The maximum atomic E-state index is 11.6. The number of allylic oxidation sites excluding steroid dienone is 1. The number of nitrogens with one attached hydrogen (secondary N) is 1. The summed E-state index contributed by atoms with van der Waals surface area (Å²) in [6.45, 7) is 1.95. The van der Waals surface area contributed by atoms with Gasteiger partial charge < -0.3 is 5.32 Å². The molecule has 0 radical (unpaired) electrons. The molecule has 1 aromatic rings. The molecular weight excluding hydrogens is 186 g/mol.